The van der Waals surface area contributed by atoms with E-state index in [1.54, 1.807) is 6.08 Å². The van der Waals surface area contributed by atoms with Gasteiger partial charge in [0.05, 0.1) is 7.11 Å². The molecule has 0 bridgehead atoms. The van der Waals surface area contributed by atoms with Crippen molar-refractivity contribution in [2.75, 3.05) is 7.11 Å². The van der Waals surface area contributed by atoms with Crippen molar-refractivity contribution in [1.29, 1.82) is 0 Å². The molecular weight excluding hydrogens is 316 g/mol. The molecule has 1 saturated carbocycles. The van der Waals surface area contributed by atoms with E-state index in [4.69, 9.17) is 4.74 Å². The summed E-state index contributed by atoms with van der Waals surface area (Å²) in [5, 5.41) is 10.9. The summed E-state index contributed by atoms with van der Waals surface area (Å²) in [5.41, 5.74) is 0.976. The van der Waals surface area contributed by atoms with Crippen molar-refractivity contribution < 1.29 is 19.4 Å². The molecule has 3 aliphatic carbocycles. The summed E-state index contributed by atoms with van der Waals surface area (Å²) in [6.07, 6.45) is 4.46. The number of methoxy groups -OCH3 is 1. The number of fused-ring (bicyclic) bond motifs is 3. The van der Waals surface area contributed by atoms with Crippen LogP contribution in [0, 0.1) is 22.7 Å². The Morgan fingerprint density at radius 2 is 1.84 bits per heavy atom. The molecule has 136 valence electrons. The van der Waals surface area contributed by atoms with Crippen LogP contribution in [-0.2, 0) is 14.3 Å². The quantitative estimate of drug-likeness (QED) is 0.812. The lowest BCUT2D eigenvalue weighted by molar-refractivity contribution is -0.135. The largest absolute Gasteiger partial charge is 0.504 e. The molecule has 2 atom stereocenters. The van der Waals surface area contributed by atoms with Crippen molar-refractivity contribution >= 4 is 11.6 Å². The predicted octanol–water partition coefficient (Wildman–Crippen LogP) is 4.28. The molecule has 0 aliphatic heterocycles. The lowest BCUT2D eigenvalue weighted by Crippen LogP contribution is -2.52. The van der Waals surface area contributed by atoms with E-state index in [9.17, 15) is 14.7 Å². The third kappa shape index (κ3) is 2.33. The van der Waals surface area contributed by atoms with Crippen molar-refractivity contribution in [3.8, 4) is 0 Å². The Morgan fingerprint density at radius 1 is 1.20 bits per heavy atom. The van der Waals surface area contributed by atoms with Gasteiger partial charge >= 0.3 is 0 Å². The first-order valence-corrected chi connectivity index (χ1v) is 9.09. The Morgan fingerprint density at radius 3 is 2.40 bits per heavy atom. The van der Waals surface area contributed by atoms with Gasteiger partial charge in [0.15, 0.2) is 11.5 Å². The second-order valence-corrected chi connectivity index (χ2v) is 8.81. The van der Waals surface area contributed by atoms with Crippen molar-refractivity contribution in [2.45, 2.75) is 53.9 Å². The standard InChI is InChI=1S/C21H28O4/c1-11(2)12-10-13-14(16(23)15(12)22)21(5)9-7-8-20(3,4)19(21)17(24)18(13)25-6/h10-11,19,23H,7-9H2,1-6H3/t19-,21+/m0/s1. The van der Waals surface area contributed by atoms with Crippen molar-refractivity contribution in [3.63, 3.8) is 0 Å². The third-order valence-corrected chi connectivity index (χ3v) is 6.35. The molecular formula is C21H28O4. The lowest BCUT2D eigenvalue weighted by atomic mass is 9.49. The van der Waals surface area contributed by atoms with Crippen LogP contribution >= 0.6 is 0 Å². The first kappa shape index (κ1) is 18.0. The zero-order valence-corrected chi connectivity index (χ0v) is 16.0. The molecule has 25 heavy (non-hydrogen) atoms. The summed E-state index contributed by atoms with van der Waals surface area (Å²) in [6, 6.07) is 0. The van der Waals surface area contributed by atoms with Gasteiger partial charge in [-0.2, -0.15) is 0 Å². The number of allylic oxidation sites excluding steroid dienone is 5. The van der Waals surface area contributed by atoms with Crippen LogP contribution < -0.4 is 0 Å². The monoisotopic (exact) mass is 344 g/mol. The number of carbonyl (C=O) groups excluding carboxylic acids is 2. The van der Waals surface area contributed by atoms with E-state index in [0.717, 1.165) is 19.3 Å². The topological polar surface area (TPSA) is 63.6 Å². The van der Waals surface area contributed by atoms with Crippen molar-refractivity contribution in [3.05, 3.63) is 34.3 Å². The Labute approximate surface area is 149 Å². The van der Waals surface area contributed by atoms with Crippen LogP contribution in [0.3, 0.4) is 0 Å². The van der Waals surface area contributed by atoms with Crippen LogP contribution in [0.25, 0.3) is 0 Å². The van der Waals surface area contributed by atoms with E-state index in [1.807, 2.05) is 20.8 Å². The van der Waals surface area contributed by atoms with Gasteiger partial charge in [0.2, 0.25) is 11.6 Å². The van der Waals surface area contributed by atoms with Gasteiger partial charge in [-0.25, -0.2) is 0 Å². The van der Waals surface area contributed by atoms with E-state index in [1.165, 1.54) is 7.11 Å². The third-order valence-electron chi connectivity index (χ3n) is 6.35. The molecule has 0 unspecified atom stereocenters. The molecule has 0 aromatic rings. The summed E-state index contributed by atoms with van der Waals surface area (Å²) in [6.45, 7) is 10.0. The molecule has 1 N–H and O–H groups in total. The minimum atomic E-state index is -0.547. The van der Waals surface area contributed by atoms with Gasteiger partial charge in [-0.3, -0.25) is 9.59 Å². The number of ether oxygens (including phenoxy) is 1. The predicted molar refractivity (Wildman–Crippen MR) is 95.9 cm³/mol. The summed E-state index contributed by atoms with van der Waals surface area (Å²) in [7, 11) is 1.49. The highest BCUT2D eigenvalue weighted by molar-refractivity contribution is 6.12. The molecule has 0 aromatic heterocycles. The average molecular weight is 344 g/mol. The molecule has 0 heterocycles. The molecule has 4 nitrogen and oxygen atoms in total. The Hall–Kier alpha value is -1.84. The van der Waals surface area contributed by atoms with Gasteiger partial charge in [-0.05, 0) is 30.3 Å². The number of hydrogen-bond acceptors (Lipinski definition) is 4. The molecule has 3 aliphatic rings. The van der Waals surface area contributed by atoms with Crippen LogP contribution in [0.2, 0.25) is 0 Å². The maximum Gasteiger partial charge on any atom is 0.223 e. The van der Waals surface area contributed by atoms with Gasteiger partial charge in [0, 0.05) is 28.1 Å². The number of ketones is 2. The van der Waals surface area contributed by atoms with Crippen molar-refractivity contribution in [1.82, 2.24) is 0 Å². The number of aliphatic hydroxyl groups is 1. The molecule has 3 rings (SSSR count). The Bertz CT molecular complexity index is 748. The average Bonchev–Trinajstić information content (AvgIpc) is 2.49. The molecule has 0 aromatic carbocycles. The first-order chi connectivity index (χ1) is 11.6. The van der Waals surface area contributed by atoms with E-state index < -0.39 is 5.41 Å². The summed E-state index contributed by atoms with van der Waals surface area (Å²) >= 11 is 0. The maximum atomic E-state index is 13.3. The minimum Gasteiger partial charge on any atom is -0.504 e. The van der Waals surface area contributed by atoms with Gasteiger partial charge in [0.1, 0.15) is 0 Å². The normalized spacial score (nSPS) is 31.8. The number of aliphatic hydroxyl groups excluding tert-OH is 1. The molecule has 0 saturated heterocycles. The molecule has 0 radical (unpaired) electrons. The van der Waals surface area contributed by atoms with Crippen LogP contribution in [0.4, 0.5) is 0 Å². The second kappa shape index (κ2) is 5.58. The number of carbonyl (C=O) groups is 2. The SMILES string of the molecule is COC1=C2C=C(C(C)C)C(=O)C(O)=C2[C@@]2(C)CCCC(C)(C)[C@@H]2C1=O. The highest BCUT2D eigenvalue weighted by atomic mass is 16.5. The van der Waals surface area contributed by atoms with Crippen LogP contribution in [0.15, 0.2) is 34.3 Å². The summed E-state index contributed by atoms with van der Waals surface area (Å²) < 4.78 is 5.50. The van der Waals surface area contributed by atoms with Gasteiger partial charge in [-0.1, -0.05) is 41.0 Å². The first-order valence-electron chi connectivity index (χ1n) is 9.09. The minimum absolute atomic E-state index is 0.00467. The zero-order valence-electron chi connectivity index (χ0n) is 16.0. The molecule has 0 amide bonds. The number of Topliss-reactive ketones (excluding diaryl/α,β-unsaturated/α-hetero) is 2. The fraction of sp³-hybridized carbons (Fsp3) is 0.619. The maximum absolute atomic E-state index is 13.3. The fourth-order valence-corrected chi connectivity index (χ4v) is 5.31. The highest BCUT2D eigenvalue weighted by Crippen LogP contribution is 2.61. The molecule has 1 fully saturated rings. The molecule has 4 heteroatoms. The van der Waals surface area contributed by atoms with E-state index in [-0.39, 0.29) is 40.3 Å². The van der Waals surface area contributed by atoms with Gasteiger partial charge < -0.3 is 9.84 Å². The Kier molecular flexibility index (Phi) is 4.01. The Balaban J connectivity index is 2.35. The molecule has 0 spiro atoms. The fourth-order valence-electron chi connectivity index (χ4n) is 5.31. The van der Waals surface area contributed by atoms with E-state index in [2.05, 4.69) is 13.8 Å². The van der Waals surface area contributed by atoms with Crippen LogP contribution in [0.5, 0.6) is 0 Å². The van der Waals surface area contributed by atoms with Gasteiger partial charge in [-0.15, -0.1) is 0 Å². The lowest BCUT2D eigenvalue weighted by Gasteiger charge is -2.54. The number of rotatable bonds is 2. The zero-order chi connectivity index (χ0) is 18.7. The highest BCUT2D eigenvalue weighted by Gasteiger charge is 2.58. The van der Waals surface area contributed by atoms with Crippen LogP contribution in [-0.4, -0.2) is 23.8 Å². The number of hydrogen-bond donors (Lipinski definition) is 1. The van der Waals surface area contributed by atoms with Crippen molar-refractivity contribution in [2.24, 2.45) is 22.7 Å². The van der Waals surface area contributed by atoms with E-state index >= 15 is 0 Å². The smallest absolute Gasteiger partial charge is 0.223 e. The van der Waals surface area contributed by atoms with Crippen LogP contribution in [0.1, 0.15) is 53.9 Å². The van der Waals surface area contributed by atoms with E-state index in [0.29, 0.717) is 16.7 Å². The summed E-state index contributed by atoms with van der Waals surface area (Å²) in [4.78, 5) is 26.1. The summed E-state index contributed by atoms with van der Waals surface area (Å²) in [5.74, 6) is -0.577. The second-order valence-electron chi connectivity index (χ2n) is 8.81. The van der Waals surface area contributed by atoms with Gasteiger partial charge in [0.25, 0.3) is 0 Å².